The molecule has 3 nitrogen and oxygen atoms in total. The quantitative estimate of drug-likeness (QED) is 0.381. The number of pyridine rings is 1. The Morgan fingerprint density at radius 3 is 1.81 bits per heavy atom. The summed E-state index contributed by atoms with van der Waals surface area (Å²) in [5.74, 6) is 0. The molecule has 0 saturated carbocycles. The summed E-state index contributed by atoms with van der Waals surface area (Å²) in [6.07, 6.45) is 2.21. The smallest absolute Gasteiger partial charge is 0.213 e. The van der Waals surface area contributed by atoms with Gasteiger partial charge in [-0.05, 0) is 35.9 Å². The van der Waals surface area contributed by atoms with Crippen LogP contribution in [-0.2, 0) is 13.6 Å². The van der Waals surface area contributed by atoms with E-state index in [1.807, 2.05) is 12.1 Å². The molecule has 3 aromatic carbocycles. The Hall–Kier alpha value is -3.21. The van der Waals surface area contributed by atoms with E-state index in [9.17, 15) is 5.11 Å². The van der Waals surface area contributed by atoms with E-state index in [4.69, 9.17) is 0 Å². The molecule has 1 N–H and O–H groups in total. The van der Waals surface area contributed by atoms with Crippen LogP contribution < -0.4 is 21.5 Å². The minimum absolute atomic E-state index is 0. The van der Waals surface area contributed by atoms with Gasteiger partial charge in [-0.25, -0.2) is 0 Å². The fraction of sp³-hybridized carbons (Fsp3) is 0.107. The van der Waals surface area contributed by atoms with E-state index in [0.29, 0.717) is 6.54 Å². The summed E-state index contributed by atoms with van der Waals surface area (Å²) in [6, 6.07) is 33.8. The van der Waals surface area contributed by atoms with Gasteiger partial charge in [0.25, 0.3) is 0 Å². The van der Waals surface area contributed by atoms with Gasteiger partial charge < -0.3 is 26.7 Å². The molecule has 0 aliphatic heterocycles. The second kappa shape index (κ2) is 9.51. The standard InChI is InChI=1S/C28H25N2O.BrH/c1-29-20-25(24-14-8-9-15-26(24)29)23-18-27(21-10-4-2-5-11-21)30(16-17-31)28(19-23)22-12-6-3-7-13-22;/h2-15,18-20,31H,16-17H2,1H3;1H/q+1;/p-1. The van der Waals surface area contributed by atoms with Crippen LogP contribution in [0.5, 0.6) is 0 Å². The van der Waals surface area contributed by atoms with Gasteiger partial charge in [0.2, 0.25) is 11.4 Å². The number of halogens is 1. The van der Waals surface area contributed by atoms with Gasteiger partial charge in [-0.2, -0.15) is 4.57 Å². The monoisotopic (exact) mass is 484 g/mol. The maximum Gasteiger partial charge on any atom is 0.213 e. The van der Waals surface area contributed by atoms with Crippen LogP contribution >= 0.6 is 0 Å². The largest absolute Gasteiger partial charge is 1.00 e. The lowest BCUT2D eigenvalue weighted by atomic mass is 9.98. The maximum absolute atomic E-state index is 9.87. The number of benzene rings is 3. The van der Waals surface area contributed by atoms with Crippen molar-refractivity contribution in [2.24, 2.45) is 7.05 Å². The Kier molecular flexibility index (Phi) is 6.54. The lowest BCUT2D eigenvalue weighted by Gasteiger charge is -2.12. The summed E-state index contributed by atoms with van der Waals surface area (Å²) < 4.78 is 4.41. The highest BCUT2D eigenvalue weighted by atomic mass is 79.9. The lowest BCUT2D eigenvalue weighted by molar-refractivity contribution is -0.676. The van der Waals surface area contributed by atoms with Gasteiger partial charge in [0.05, 0.1) is 0 Å². The molecule has 0 amide bonds. The van der Waals surface area contributed by atoms with Crippen LogP contribution in [0.25, 0.3) is 44.5 Å². The molecule has 0 aliphatic rings. The van der Waals surface area contributed by atoms with E-state index in [0.717, 1.165) is 22.5 Å². The average Bonchev–Trinajstić information content (AvgIpc) is 3.17. The summed E-state index contributed by atoms with van der Waals surface area (Å²) in [5, 5.41) is 11.1. The second-order valence-corrected chi connectivity index (χ2v) is 7.79. The molecule has 2 aromatic heterocycles. The van der Waals surface area contributed by atoms with Crippen molar-refractivity contribution in [2.75, 3.05) is 6.61 Å². The van der Waals surface area contributed by atoms with E-state index in [2.05, 4.69) is 107 Å². The fourth-order valence-electron chi connectivity index (χ4n) is 4.39. The summed E-state index contributed by atoms with van der Waals surface area (Å²) in [6.45, 7) is 0.613. The molecule has 0 unspecified atom stereocenters. The van der Waals surface area contributed by atoms with Crippen LogP contribution in [-0.4, -0.2) is 16.3 Å². The molecular weight excluding hydrogens is 460 g/mol. The molecule has 0 aliphatic carbocycles. The number of nitrogens with zero attached hydrogens (tertiary/aromatic N) is 2. The summed E-state index contributed by atoms with van der Waals surface area (Å²) in [5.41, 5.74) is 8.06. The molecule has 32 heavy (non-hydrogen) atoms. The molecule has 0 atom stereocenters. The van der Waals surface area contributed by atoms with Crippen LogP contribution in [0.3, 0.4) is 0 Å². The van der Waals surface area contributed by atoms with Gasteiger partial charge in [0, 0.05) is 53.0 Å². The zero-order valence-electron chi connectivity index (χ0n) is 17.9. The Morgan fingerprint density at radius 2 is 1.25 bits per heavy atom. The second-order valence-electron chi connectivity index (χ2n) is 7.79. The average molecular weight is 485 g/mol. The van der Waals surface area contributed by atoms with Crippen molar-refractivity contribution in [1.29, 1.82) is 0 Å². The molecule has 2 heterocycles. The molecule has 4 heteroatoms. The number of para-hydroxylation sites is 1. The Labute approximate surface area is 199 Å². The lowest BCUT2D eigenvalue weighted by Crippen LogP contribution is -3.00. The number of aryl methyl sites for hydroxylation is 1. The Morgan fingerprint density at radius 1 is 0.719 bits per heavy atom. The zero-order chi connectivity index (χ0) is 21.2. The van der Waals surface area contributed by atoms with E-state index in [-0.39, 0.29) is 23.6 Å². The predicted molar refractivity (Wildman–Crippen MR) is 127 cm³/mol. The number of hydrogen-bond acceptors (Lipinski definition) is 1. The molecular formula is C28H25BrN2O. The number of fused-ring (bicyclic) bond motifs is 1. The zero-order valence-corrected chi connectivity index (χ0v) is 19.5. The number of hydrogen-bond donors (Lipinski definition) is 1. The summed E-state index contributed by atoms with van der Waals surface area (Å²) >= 11 is 0. The molecule has 0 saturated heterocycles. The van der Waals surface area contributed by atoms with Crippen molar-refractivity contribution in [1.82, 2.24) is 4.57 Å². The minimum atomic E-state index is 0. The van der Waals surface area contributed by atoms with Crippen molar-refractivity contribution >= 4 is 10.9 Å². The van der Waals surface area contributed by atoms with Gasteiger partial charge in [-0.1, -0.05) is 54.6 Å². The first-order valence-electron chi connectivity index (χ1n) is 10.6. The van der Waals surface area contributed by atoms with E-state index >= 15 is 0 Å². The van der Waals surface area contributed by atoms with Gasteiger partial charge in [-0.15, -0.1) is 0 Å². The van der Waals surface area contributed by atoms with E-state index in [1.165, 1.54) is 22.0 Å². The molecule has 0 radical (unpaired) electrons. The number of aliphatic hydroxyl groups is 1. The topological polar surface area (TPSA) is 29.0 Å². The third-order valence-electron chi connectivity index (χ3n) is 5.84. The molecule has 0 bridgehead atoms. The summed E-state index contributed by atoms with van der Waals surface area (Å²) in [4.78, 5) is 0. The highest BCUT2D eigenvalue weighted by Gasteiger charge is 2.23. The van der Waals surface area contributed by atoms with Crippen LogP contribution in [0.4, 0.5) is 0 Å². The Balaban J connectivity index is 0.00000245. The van der Waals surface area contributed by atoms with E-state index in [1.54, 1.807) is 0 Å². The van der Waals surface area contributed by atoms with Crippen molar-refractivity contribution in [2.45, 2.75) is 6.54 Å². The normalized spacial score (nSPS) is 10.8. The summed E-state index contributed by atoms with van der Waals surface area (Å²) in [7, 11) is 2.09. The molecule has 0 spiro atoms. The number of aromatic nitrogens is 2. The molecule has 160 valence electrons. The maximum atomic E-state index is 9.87. The van der Waals surface area contributed by atoms with Gasteiger partial charge in [0.15, 0.2) is 6.54 Å². The molecule has 5 rings (SSSR count). The molecule has 0 fully saturated rings. The van der Waals surface area contributed by atoms with Gasteiger partial charge in [0.1, 0.15) is 6.61 Å². The first-order valence-corrected chi connectivity index (χ1v) is 10.6. The van der Waals surface area contributed by atoms with Crippen molar-refractivity contribution in [3.63, 3.8) is 0 Å². The third-order valence-corrected chi connectivity index (χ3v) is 5.84. The first-order chi connectivity index (χ1) is 15.3. The number of aliphatic hydroxyl groups excluding tert-OH is 1. The van der Waals surface area contributed by atoms with Gasteiger partial charge >= 0.3 is 0 Å². The van der Waals surface area contributed by atoms with Crippen LogP contribution in [0.1, 0.15) is 0 Å². The predicted octanol–water partition coefficient (Wildman–Crippen LogP) is 2.46. The van der Waals surface area contributed by atoms with Gasteiger partial charge in [-0.3, -0.25) is 0 Å². The van der Waals surface area contributed by atoms with Crippen molar-refractivity contribution in [3.8, 4) is 33.6 Å². The van der Waals surface area contributed by atoms with Crippen molar-refractivity contribution in [3.05, 3.63) is 103 Å². The highest BCUT2D eigenvalue weighted by molar-refractivity contribution is 5.97. The highest BCUT2D eigenvalue weighted by Crippen LogP contribution is 2.34. The third kappa shape index (κ3) is 3.99. The Bertz CT molecular complexity index is 1280. The molecule has 5 aromatic rings. The van der Waals surface area contributed by atoms with Crippen LogP contribution in [0.2, 0.25) is 0 Å². The first kappa shape index (κ1) is 22.0. The van der Waals surface area contributed by atoms with Crippen LogP contribution in [0.15, 0.2) is 103 Å². The van der Waals surface area contributed by atoms with Crippen molar-refractivity contribution < 1.29 is 26.7 Å². The SMILES string of the molecule is Cn1cc(-c2cc(-c3ccccc3)[n+](CCO)c(-c3ccccc3)c2)c2ccccc21.[Br-]. The fourth-order valence-corrected chi connectivity index (χ4v) is 4.39. The van der Waals surface area contributed by atoms with E-state index < -0.39 is 0 Å². The minimum Gasteiger partial charge on any atom is -1.00 e. The number of rotatable bonds is 5. The van der Waals surface area contributed by atoms with Crippen LogP contribution in [0, 0.1) is 0 Å².